The van der Waals surface area contributed by atoms with Crippen LogP contribution >= 0.6 is 12.0 Å². The number of rotatable bonds is 3. The van der Waals surface area contributed by atoms with E-state index in [1.165, 1.54) is 12.0 Å². The van der Waals surface area contributed by atoms with E-state index < -0.39 is 0 Å². The molecule has 1 heterocycles. The molecule has 2 aromatic carbocycles. The molecular weight excluding hydrogens is 274 g/mol. The molecule has 0 aliphatic rings. The maximum absolute atomic E-state index is 11.9. The number of fused-ring (bicyclic) bond motifs is 1. The Morgan fingerprint density at radius 2 is 1.85 bits per heavy atom. The Bertz CT molecular complexity index is 796. The Kier molecular flexibility index (Phi) is 3.54. The summed E-state index contributed by atoms with van der Waals surface area (Å²) in [7, 11) is 1.61. The zero-order valence-electron chi connectivity index (χ0n) is 10.7. The van der Waals surface area contributed by atoms with Gasteiger partial charge in [-0.25, -0.2) is 9.78 Å². The Labute approximate surface area is 119 Å². The predicted molar refractivity (Wildman–Crippen MR) is 78.6 cm³/mol. The number of para-hydroxylation sites is 1. The van der Waals surface area contributed by atoms with Crippen LogP contribution in [0.1, 0.15) is 0 Å². The fourth-order valence-electron chi connectivity index (χ4n) is 1.89. The van der Waals surface area contributed by atoms with Crippen LogP contribution in [0.25, 0.3) is 22.4 Å². The zero-order valence-corrected chi connectivity index (χ0v) is 11.5. The maximum Gasteiger partial charge on any atom is 0.347 e. The van der Waals surface area contributed by atoms with Crippen molar-refractivity contribution in [3.8, 4) is 11.5 Å². The summed E-state index contributed by atoms with van der Waals surface area (Å²) in [5, 5.41) is 0.489. The van der Waals surface area contributed by atoms with Gasteiger partial charge in [0, 0.05) is 22.5 Å². The molecule has 100 valence electrons. The number of aromatic nitrogens is 1. The van der Waals surface area contributed by atoms with Gasteiger partial charge >= 0.3 is 5.63 Å². The van der Waals surface area contributed by atoms with E-state index in [0.717, 1.165) is 10.5 Å². The molecule has 0 aliphatic carbocycles. The van der Waals surface area contributed by atoms with Gasteiger partial charge in [-0.05, 0) is 36.4 Å². The number of benzene rings is 2. The second-order valence-corrected chi connectivity index (χ2v) is 5.07. The molecule has 3 aromatic rings. The molecule has 0 amide bonds. The van der Waals surface area contributed by atoms with E-state index in [-0.39, 0.29) is 5.63 Å². The number of nitrogens with zero attached hydrogens (tertiary/aromatic N) is 1. The molecule has 0 saturated heterocycles. The van der Waals surface area contributed by atoms with Crippen LogP contribution < -0.4 is 5.63 Å². The highest BCUT2D eigenvalue weighted by molar-refractivity contribution is 7.94. The SMILES string of the molecule is COSc1ccc(-c2nc3ccccc3c(=O)o2)cc1. The summed E-state index contributed by atoms with van der Waals surface area (Å²) in [6.45, 7) is 0. The van der Waals surface area contributed by atoms with Crippen molar-refractivity contribution in [1.82, 2.24) is 4.98 Å². The summed E-state index contributed by atoms with van der Waals surface area (Å²) in [5.41, 5.74) is 1.02. The van der Waals surface area contributed by atoms with E-state index in [1.807, 2.05) is 30.3 Å². The van der Waals surface area contributed by atoms with Crippen LogP contribution in [0.2, 0.25) is 0 Å². The van der Waals surface area contributed by atoms with Crippen LogP contribution in [0, 0.1) is 0 Å². The Hall–Kier alpha value is -2.11. The fraction of sp³-hybridized carbons (Fsp3) is 0.0667. The molecule has 0 unspecified atom stereocenters. The normalized spacial score (nSPS) is 10.8. The highest BCUT2D eigenvalue weighted by Gasteiger charge is 2.08. The van der Waals surface area contributed by atoms with E-state index in [2.05, 4.69) is 4.98 Å². The van der Waals surface area contributed by atoms with Crippen LogP contribution in [0.3, 0.4) is 0 Å². The van der Waals surface area contributed by atoms with Crippen LogP contribution in [0.15, 0.2) is 62.6 Å². The van der Waals surface area contributed by atoms with Crippen LogP contribution in [0.4, 0.5) is 0 Å². The maximum atomic E-state index is 11.9. The van der Waals surface area contributed by atoms with Crippen molar-refractivity contribution in [2.24, 2.45) is 0 Å². The molecule has 20 heavy (non-hydrogen) atoms. The van der Waals surface area contributed by atoms with Gasteiger partial charge in [-0.3, -0.25) is 0 Å². The Morgan fingerprint density at radius 3 is 2.60 bits per heavy atom. The topological polar surface area (TPSA) is 52.3 Å². The van der Waals surface area contributed by atoms with Crippen molar-refractivity contribution in [1.29, 1.82) is 0 Å². The lowest BCUT2D eigenvalue weighted by Crippen LogP contribution is -2.02. The van der Waals surface area contributed by atoms with Crippen molar-refractivity contribution in [3.05, 3.63) is 59.0 Å². The largest absolute Gasteiger partial charge is 0.403 e. The van der Waals surface area contributed by atoms with E-state index >= 15 is 0 Å². The molecule has 4 nitrogen and oxygen atoms in total. The lowest BCUT2D eigenvalue weighted by Gasteiger charge is -2.02. The summed E-state index contributed by atoms with van der Waals surface area (Å²) in [5.74, 6) is 0.322. The molecule has 0 spiro atoms. The monoisotopic (exact) mass is 285 g/mol. The molecule has 0 fully saturated rings. The third kappa shape index (κ3) is 2.45. The van der Waals surface area contributed by atoms with Gasteiger partial charge in [0.25, 0.3) is 0 Å². The van der Waals surface area contributed by atoms with E-state index in [9.17, 15) is 4.79 Å². The first-order valence-corrected chi connectivity index (χ1v) is 6.73. The van der Waals surface area contributed by atoms with Gasteiger partial charge in [0.15, 0.2) is 0 Å². The van der Waals surface area contributed by atoms with Crippen LogP contribution in [-0.4, -0.2) is 12.1 Å². The minimum atomic E-state index is -0.374. The molecule has 3 rings (SSSR count). The average Bonchev–Trinajstić information content (AvgIpc) is 2.48. The second kappa shape index (κ2) is 5.48. The third-order valence-electron chi connectivity index (χ3n) is 2.82. The quantitative estimate of drug-likeness (QED) is 0.689. The first-order valence-electron chi connectivity index (χ1n) is 5.99. The summed E-state index contributed by atoms with van der Waals surface area (Å²) >= 11 is 1.27. The highest BCUT2D eigenvalue weighted by Crippen LogP contribution is 2.23. The lowest BCUT2D eigenvalue weighted by atomic mass is 10.2. The second-order valence-electron chi connectivity index (χ2n) is 4.10. The van der Waals surface area contributed by atoms with Crippen molar-refractivity contribution >= 4 is 22.9 Å². The summed E-state index contributed by atoms with van der Waals surface area (Å²) in [4.78, 5) is 17.3. The number of hydrogen-bond donors (Lipinski definition) is 0. The predicted octanol–water partition coefficient (Wildman–Crippen LogP) is 3.51. The van der Waals surface area contributed by atoms with E-state index in [1.54, 1.807) is 25.3 Å². The fourth-order valence-corrected chi connectivity index (χ4v) is 2.33. The van der Waals surface area contributed by atoms with Crippen molar-refractivity contribution in [3.63, 3.8) is 0 Å². The lowest BCUT2D eigenvalue weighted by molar-refractivity contribution is 0.490. The van der Waals surface area contributed by atoms with Crippen molar-refractivity contribution in [2.75, 3.05) is 7.11 Å². The Balaban J connectivity index is 2.07. The smallest absolute Gasteiger partial charge is 0.347 e. The van der Waals surface area contributed by atoms with E-state index in [0.29, 0.717) is 16.8 Å². The molecule has 0 atom stereocenters. The number of hydrogen-bond acceptors (Lipinski definition) is 5. The summed E-state index contributed by atoms with van der Waals surface area (Å²) in [6.07, 6.45) is 0. The van der Waals surface area contributed by atoms with E-state index in [4.69, 9.17) is 8.60 Å². The summed E-state index contributed by atoms with van der Waals surface area (Å²) < 4.78 is 10.2. The van der Waals surface area contributed by atoms with Gasteiger partial charge < -0.3 is 8.60 Å². The first kappa shape index (κ1) is 12.9. The minimum Gasteiger partial charge on any atom is -0.403 e. The minimum absolute atomic E-state index is 0.322. The molecule has 0 N–H and O–H groups in total. The van der Waals surface area contributed by atoms with Gasteiger partial charge in [-0.15, -0.1) is 0 Å². The molecule has 5 heteroatoms. The molecular formula is C15H11NO3S. The highest BCUT2D eigenvalue weighted by atomic mass is 32.2. The summed E-state index contributed by atoms with van der Waals surface area (Å²) in [6, 6.07) is 14.6. The zero-order chi connectivity index (χ0) is 13.9. The van der Waals surface area contributed by atoms with Gasteiger partial charge in [0.2, 0.25) is 5.89 Å². The van der Waals surface area contributed by atoms with Crippen LogP contribution in [0.5, 0.6) is 0 Å². The molecule has 0 aliphatic heterocycles. The van der Waals surface area contributed by atoms with Crippen molar-refractivity contribution in [2.45, 2.75) is 4.90 Å². The van der Waals surface area contributed by atoms with Crippen LogP contribution in [-0.2, 0) is 4.18 Å². The van der Waals surface area contributed by atoms with Gasteiger partial charge in [-0.2, -0.15) is 0 Å². The standard InChI is InChI=1S/C15H11NO3S/c1-18-20-11-8-6-10(7-9-11)14-16-13-5-3-2-4-12(13)15(17)19-14/h2-9H,1H3. The average molecular weight is 285 g/mol. The first-order chi connectivity index (χ1) is 9.78. The van der Waals surface area contributed by atoms with Gasteiger partial charge in [-0.1, -0.05) is 12.1 Å². The van der Waals surface area contributed by atoms with Crippen molar-refractivity contribution < 1.29 is 8.60 Å². The molecule has 0 bridgehead atoms. The third-order valence-corrected chi connectivity index (χ3v) is 3.45. The van der Waals surface area contributed by atoms with Gasteiger partial charge in [0.05, 0.1) is 18.0 Å². The molecule has 0 radical (unpaired) electrons. The molecule has 0 saturated carbocycles. The molecule has 1 aromatic heterocycles. The Morgan fingerprint density at radius 1 is 1.10 bits per heavy atom. The van der Waals surface area contributed by atoms with Gasteiger partial charge in [0.1, 0.15) is 0 Å².